The molecule has 1 aromatic carbocycles. The van der Waals surface area contributed by atoms with Crippen LogP contribution in [-0.4, -0.2) is 90.6 Å². The van der Waals surface area contributed by atoms with Gasteiger partial charge in [-0.1, -0.05) is 32.5 Å². The molecule has 5 nitrogen and oxygen atoms in total. The fourth-order valence-corrected chi connectivity index (χ4v) is 6.04. The largest absolute Gasteiger partial charge is 0.356 e. The number of benzene rings is 1. The van der Waals surface area contributed by atoms with E-state index in [9.17, 15) is 4.79 Å². The monoisotopic (exact) mass is 444 g/mol. The van der Waals surface area contributed by atoms with Crippen molar-refractivity contribution in [3.8, 4) is 6.07 Å². The van der Waals surface area contributed by atoms with Gasteiger partial charge in [0.25, 0.3) is 0 Å². The van der Waals surface area contributed by atoms with Gasteiger partial charge in [-0.3, -0.25) is 4.79 Å². The van der Waals surface area contributed by atoms with Crippen LogP contribution in [0.25, 0.3) is 0 Å². The van der Waals surface area contributed by atoms with Crippen LogP contribution in [0.15, 0.2) is 18.3 Å². The lowest BCUT2D eigenvalue weighted by atomic mass is 9.36. The number of carbonyl (C=O) groups excluding carboxylic acids is 1. The summed E-state index contributed by atoms with van der Waals surface area (Å²) in [4.78, 5) is 20.4. The first-order chi connectivity index (χ1) is 15.6. The molecule has 0 spiro atoms. The maximum absolute atomic E-state index is 14.0. The fraction of sp³-hybridized carbons (Fsp3) is 0.381. The highest BCUT2D eigenvalue weighted by Gasteiger charge is 2.47. The van der Waals surface area contributed by atoms with Crippen LogP contribution in [-0.2, 0) is 15.3 Å². The van der Waals surface area contributed by atoms with E-state index in [1.807, 2.05) is 13.8 Å². The predicted octanol–water partition coefficient (Wildman–Crippen LogP) is -7.70. The van der Waals surface area contributed by atoms with E-state index in [-0.39, 0.29) is 16.5 Å². The quantitative estimate of drug-likeness (QED) is 0.467. The smallest absolute Gasteiger partial charge is 0.247 e. The van der Waals surface area contributed by atoms with Crippen LogP contribution in [0, 0.1) is 11.3 Å². The molecule has 166 valence electrons. The van der Waals surface area contributed by atoms with E-state index in [1.54, 1.807) is 12.1 Å². The van der Waals surface area contributed by atoms with Crippen LogP contribution < -0.4 is 27.2 Å². The van der Waals surface area contributed by atoms with Gasteiger partial charge in [-0.05, 0) is 44.4 Å². The summed E-state index contributed by atoms with van der Waals surface area (Å²) in [7, 11) is 18.0. The minimum absolute atomic E-state index is 0.0627. The van der Waals surface area contributed by atoms with E-state index < -0.39 is 5.54 Å². The lowest BCUT2D eigenvalue weighted by molar-refractivity contribution is -0.137. The van der Waals surface area contributed by atoms with Crippen molar-refractivity contribution < 1.29 is 4.79 Å². The van der Waals surface area contributed by atoms with Gasteiger partial charge in [0.05, 0.1) is 29.1 Å². The lowest BCUT2D eigenvalue weighted by Crippen LogP contribution is -2.62. The van der Waals surface area contributed by atoms with Gasteiger partial charge >= 0.3 is 0 Å². The summed E-state index contributed by atoms with van der Waals surface area (Å²) in [6, 6.07) is 5.55. The Balaban J connectivity index is 2.03. The minimum atomic E-state index is -0.843. The van der Waals surface area contributed by atoms with Crippen molar-refractivity contribution in [2.45, 2.75) is 42.8 Å². The molecule has 0 aliphatic carbocycles. The average molecular weight is 443 g/mol. The van der Waals surface area contributed by atoms with E-state index in [2.05, 4.69) is 84.0 Å². The number of nitrogens with one attached hydrogen (secondary N) is 1. The third kappa shape index (κ3) is 4.49. The Labute approximate surface area is 211 Å². The molecule has 1 aliphatic heterocycles. The number of aromatic nitrogens is 1. The Morgan fingerprint density at radius 2 is 1.71 bits per heavy atom. The first-order valence-electron chi connectivity index (χ1n) is 12.2. The first kappa shape index (κ1) is 26.3. The van der Waals surface area contributed by atoms with E-state index in [1.165, 1.54) is 39.2 Å². The standard InChI is InChI=1S/C21H32B8N4O/c1-19(2,32-11-5-4-10(8-30)9-31-11)18(34)33-7-3-6-20(33,26)12-14(22)16(24)13(21(27,28)29)17(25)15(12)23/h4-5,9H,3,6-7,22-29H2,1-2H3,(H,31,32)/t20-/m0/s1. The van der Waals surface area contributed by atoms with Gasteiger partial charge in [0.15, 0.2) is 0 Å². The van der Waals surface area contributed by atoms with Crippen molar-refractivity contribution in [1.82, 2.24) is 9.88 Å². The Morgan fingerprint density at radius 1 is 1.12 bits per heavy atom. The number of carbonyl (C=O) groups is 1. The van der Waals surface area contributed by atoms with Gasteiger partial charge in [0, 0.05) is 18.2 Å². The number of hydrogen-bond acceptors (Lipinski definition) is 4. The fourth-order valence-electron chi connectivity index (χ4n) is 6.04. The number of rotatable bonds is 5. The molecular weight excluding hydrogens is 411 g/mol. The highest BCUT2D eigenvalue weighted by Crippen LogP contribution is 2.36. The zero-order chi connectivity index (χ0) is 25.6. The van der Waals surface area contributed by atoms with Crippen molar-refractivity contribution in [3.63, 3.8) is 0 Å². The number of nitriles is 1. The van der Waals surface area contributed by atoms with Gasteiger partial charge in [0.2, 0.25) is 5.91 Å². The van der Waals surface area contributed by atoms with E-state index in [4.69, 9.17) is 5.26 Å². The summed E-state index contributed by atoms with van der Waals surface area (Å²) >= 11 is 0. The number of pyridine rings is 1. The number of likely N-dealkylation sites (tertiary alicyclic amines) is 1. The maximum atomic E-state index is 14.0. The van der Waals surface area contributed by atoms with Crippen molar-refractivity contribution in [3.05, 3.63) is 35.0 Å². The SMILES string of the molecule is Bc1c(B)c([C@]2(B)CCCN2C(=O)C(C)(C)Nc2ccc(C#N)cn2)c(B)c(B)c1C(B)(B)B. The van der Waals surface area contributed by atoms with E-state index in [0.29, 0.717) is 11.4 Å². The Hall–Kier alpha value is -2.35. The van der Waals surface area contributed by atoms with Crippen molar-refractivity contribution >= 4 is 96.3 Å². The van der Waals surface area contributed by atoms with Crippen molar-refractivity contribution in [1.29, 1.82) is 5.26 Å². The van der Waals surface area contributed by atoms with Crippen LogP contribution in [0.2, 0.25) is 0 Å². The Morgan fingerprint density at radius 3 is 2.18 bits per heavy atom. The second kappa shape index (κ2) is 9.02. The topological polar surface area (TPSA) is 69.0 Å². The van der Waals surface area contributed by atoms with Crippen LogP contribution in [0.1, 0.15) is 43.4 Å². The minimum Gasteiger partial charge on any atom is -0.356 e. The molecule has 1 amide bonds. The van der Waals surface area contributed by atoms with Gasteiger partial charge in [-0.25, -0.2) is 4.98 Å². The maximum Gasteiger partial charge on any atom is 0.247 e. The molecule has 34 heavy (non-hydrogen) atoms. The molecule has 1 saturated heterocycles. The number of hydrogen-bond donors (Lipinski definition) is 1. The summed E-state index contributed by atoms with van der Waals surface area (Å²) < 4.78 is 0. The van der Waals surface area contributed by atoms with Crippen molar-refractivity contribution in [2.24, 2.45) is 0 Å². The molecule has 0 bridgehead atoms. The summed E-state index contributed by atoms with van der Waals surface area (Å²) in [5.74, 6) is 0.652. The summed E-state index contributed by atoms with van der Waals surface area (Å²) in [6.07, 6.45) is 3.45. The first-order valence-corrected chi connectivity index (χ1v) is 12.2. The Kier molecular flexibility index (Phi) is 6.97. The molecular formula is C21H32B8N4O. The van der Waals surface area contributed by atoms with Crippen LogP contribution in [0.3, 0.4) is 0 Å². The zero-order valence-electron chi connectivity index (χ0n) is 22.6. The van der Waals surface area contributed by atoms with E-state index >= 15 is 0 Å². The lowest BCUT2D eigenvalue weighted by Gasteiger charge is -2.44. The predicted molar refractivity (Wildman–Crippen MR) is 164 cm³/mol. The third-order valence-corrected chi connectivity index (χ3v) is 7.67. The van der Waals surface area contributed by atoms with Gasteiger partial charge < -0.3 is 10.2 Å². The Bertz CT molecular complexity index is 1140. The molecule has 0 unspecified atom stereocenters. The molecule has 1 N–H and O–H groups in total. The number of amides is 1. The van der Waals surface area contributed by atoms with Gasteiger partial charge in [-0.2, -0.15) is 5.26 Å². The molecule has 13 heteroatoms. The molecule has 0 radical (unpaired) electrons. The molecule has 1 fully saturated rings. The number of nitrogens with zero attached hydrogens (tertiary/aromatic N) is 3. The highest BCUT2D eigenvalue weighted by molar-refractivity contribution is 6.65. The molecule has 1 aromatic heterocycles. The second-order valence-electron chi connectivity index (χ2n) is 11.6. The summed E-state index contributed by atoms with van der Waals surface area (Å²) in [6.45, 7) is 4.55. The molecule has 3 rings (SSSR count). The average Bonchev–Trinajstić information content (AvgIpc) is 3.13. The second-order valence-corrected chi connectivity index (χ2v) is 11.6. The van der Waals surface area contributed by atoms with Crippen LogP contribution in [0.5, 0.6) is 0 Å². The van der Waals surface area contributed by atoms with Crippen molar-refractivity contribution in [2.75, 3.05) is 11.9 Å². The van der Waals surface area contributed by atoms with E-state index in [0.717, 1.165) is 19.4 Å². The highest BCUT2D eigenvalue weighted by atomic mass is 16.2. The molecule has 2 aromatic rings. The van der Waals surface area contributed by atoms with Gasteiger partial charge in [-0.15, -0.1) is 0 Å². The molecule has 1 aliphatic rings. The van der Waals surface area contributed by atoms with Crippen LogP contribution >= 0.6 is 0 Å². The molecule has 2 heterocycles. The van der Waals surface area contributed by atoms with Crippen LogP contribution in [0.4, 0.5) is 5.82 Å². The summed E-state index contributed by atoms with van der Waals surface area (Å²) in [5, 5.41) is 12.4. The normalized spacial score (nSPS) is 18.4. The third-order valence-electron chi connectivity index (χ3n) is 7.67. The molecule has 1 atom stereocenters. The number of anilines is 1. The van der Waals surface area contributed by atoms with Gasteiger partial charge in [0.1, 0.15) is 56.7 Å². The summed E-state index contributed by atoms with van der Waals surface area (Å²) in [5.41, 5.74) is 7.28. The molecule has 0 saturated carbocycles. The zero-order valence-corrected chi connectivity index (χ0v) is 22.6.